The molecule has 0 bridgehead atoms. The molecule has 2 aromatic rings. The van der Waals surface area contributed by atoms with E-state index in [4.69, 9.17) is 4.74 Å². The number of aromatic nitrogens is 2. The first-order valence-corrected chi connectivity index (χ1v) is 9.39. The van der Waals surface area contributed by atoms with Crippen LogP contribution in [0, 0.1) is 0 Å². The summed E-state index contributed by atoms with van der Waals surface area (Å²) in [4.78, 5) is 47.6. The van der Waals surface area contributed by atoms with Crippen molar-refractivity contribution in [2.45, 2.75) is 13.8 Å². The molecule has 0 unspecified atom stereocenters. The van der Waals surface area contributed by atoms with Crippen LogP contribution in [-0.4, -0.2) is 70.3 Å². The highest BCUT2D eigenvalue weighted by Crippen LogP contribution is 2.17. The lowest BCUT2D eigenvalue weighted by Crippen LogP contribution is -2.50. The first kappa shape index (κ1) is 20.2. The Labute approximate surface area is 168 Å². The van der Waals surface area contributed by atoms with Crippen molar-refractivity contribution in [3.8, 4) is 0 Å². The SMILES string of the molecule is CCOC(=O)N1CCN(C(=O)c2cc(Nc3cccc(C(C)=O)c3)ncn2)CC1. The van der Waals surface area contributed by atoms with Gasteiger partial charge in [0.25, 0.3) is 5.91 Å². The van der Waals surface area contributed by atoms with E-state index >= 15 is 0 Å². The smallest absolute Gasteiger partial charge is 0.409 e. The van der Waals surface area contributed by atoms with Crippen LogP contribution < -0.4 is 5.32 Å². The minimum atomic E-state index is -0.360. The molecule has 9 nitrogen and oxygen atoms in total. The molecule has 0 aliphatic carbocycles. The monoisotopic (exact) mass is 397 g/mol. The van der Waals surface area contributed by atoms with Crippen molar-refractivity contribution in [1.29, 1.82) is 0 Å². The molecule has 1 aromatic heterocycles. The number of Topliss-reactive ketones (excluding diaryl/α,β-unsaturated/α-hetero) is 1. The minimum absolute atomic E-state index is 0.0332. The summed E-state index contributed by atoms with van der Waals surface area (Å²) in [5.74, 6) is 0.194. The van der Waals surface area contributed by atoms with Gasteiger partial charge in [-0.3, -0.25) is 9.59 Å². The Morgan fingerprint density at radius 2 is 1.79 bits per heavy atom. The topological polar surface area (TPSA) is 105 Å². The Morgan fingerprint density at radius 3 is 2.48 bits per heavy atom. The van der Waals surface area contributed by atoms with Crippen LogP contribution in [0.5, 0.6) is 0 Å². The molecular weight excluding hydrogens is 374 g/mol. The van der Waals surface area contributed by atoms with Gasteiger partial charge in [-0.1, -0.05) is 12.1 Å². The van der Waals surface area contributed by atoms with E-state index in [1.54, 1.807) is 41.0 Å². The maximum absolute atomic E-state index is 12.8. The number of carbonyl (C=O) groups is 3. The molecule has 1 N–H and O–H groups in total. The van der Waals surface area contributed by atoms with Crippen LogP contribution in [0.1, 0.15) is 34.7 Å². The molecule has 1 aromatic carbocycles. The van der Waals surface area contributed by atoms with Gasteiger partial charge in [-0.05, 0) is 26.0 Å². The zero-order valence-corrected chi connectivity index (χ0v) is 16.4. The van der Waals surface area contributed by atoms with E-state index in [9.17, 15) is 14.4 Å². The molecule has 152 valence electrons. The number of piperazine rings is 1. The number of rotatable bonds is 5. The van der Waals surface area contributed by atoms with Gasteiger partial charge >= 0.3 is 6.09 Å². The molecule has 29 heavy (non-hydrogen) atoms. The predicted molar refractivity (Wildman–Crippen MR) is 106 cm³/mol. The molecule has 2 heterocycles. The van der Waals surface area contributed by atoms with Crippen LogP contribution >= 0.6 is 0 Å². The van der Waals surface area contributed by atoms with E-state index < -0.39 is 0 Å². The third-order valence-corrected chi connectivity index (χ3v) is 4.52. The average molecular weight is 397 g/mol. The van der Waals surface area contributed by atoms with Crippen LogP contribution in [0.15, 0.2) is 36.7 Å². The van der Waals surface area contributed by atoms with E-state index in [0.717, 1.165) is 0 Å². The molecule has 1 aliphatic heterocycles. The van der Waals surface area contributed by atoms with E-state index in [1.807, 2.05) is 6.07 Å². The van der Waals surface area contributed by atoms with Gasteiger partial charge in [0, 0.05) is 43.5 Å². The third kappa shape index (κ3) is 5.07. The number of carbonyl (C=O) groups excluding carboxylic acids is 3. The summed E-state index contributed by atoms with van der Waals surface area (Å²) in [6.07, 6.45) is 0.958. The average Bonchev–Trinajstić information content (AvgIpc) is 2.74. The van der Waals surface area contributed by atoms with E-state index in [0.29, 0.717) is 49.9 Å². The number of hydrogen-bond donors (Lipinski definition) is 1. The Hall–Kier alpha value is -3.49. The summed E-state index contributed by atoms with van der Waals surface area (Å²) >= 11 is 0. The molecule has 0 radical (unpaired) electrons. The zero-order valence-electron chi connectivity index (χ0n) is 16.4. The lowest BCUT2D eigenvalue weighted by atomic mass is 10.1. The van der Waals surface area contributed by atoms with Crippen molar-refractivity contribution in [3.63, 3.8) is 0 Å². The Kier molecular flexibility index (Phi) is 6.38. The normalized spacial score (nSPS) is 13.7. The van der Waals surface area contributed by atoms with E-state index in [2.05, 4.69) is 15.3 Å². The van der Waals surface area contributed by atoms with Crippen molar-refractivity contribution in [1.82, 2.24) is 19.8 Å². The van der Waals surface area contributed by atoms with Crippen LogP contribution in [0.3, 0.4) is 0 Å². The quantitative estimate of drug-likeness (QED) is 0.772. The van der Waals surface area contributed by atoms with Gasteiger partial charge in [0.15, 0.2) is 5.78 Å². The molecular formula is C20H23N5O4. The maximum atomic E-state index is 12.8. The van der Waals surface area contributed by atoms with Gasteiger partial charge in [-0.25, -0.2) is 14.8 Å². The zero-order chi connectivity index (χ0) is 20.8. The second-order valence-corrected chi connectivity index (χ2v) is 6.53. The fourth-order valence-electron chi connectivity index (χ4n) is 2.98. The molecule has 1 fully saturated rings. The second kappa shape index (κ2) is 9.13. The molecule has 0 atom stereocenters. The number of ether oxygens (including phenoxy) is 1. The van der Waals surface area contributed by atoms with Crippen molar-refractivity contribution >= 4 is 29.3 Å². The van der Waals surface area contributed by atoms with E-state index in [1.165, 1.54) is 13.3 Å². The Balaban J connectivity index is 1.65. The van der Waals surface area contributed by atoms with Crippen molar-refractivity contribution in [3.05, 3.63) is 47.9 Å². The van der Waals surface area contributed by atoms with Gasteiger partial charge in [-0.15, -0.1) is 0 Å². The van der Waals surface area contributed by atoms with Gasteiger partial charge in [-0.2, -0.15) is 0 Å². The highest BCUT2D eigenvalue weighted by atomic mass is 16.6. The van der Waals surface area contributed by atoms with Crippen LogP contribution in [0.2, 0.25) is 0 Å². The van der Waals surface area contributed by atoms with Crippen molar-refractivity contribution in [2.75, 3.05) is 38.1 Å². The van der Waals surface area contributed by atoms with E-state index in [-0.39, 0.29) is 23.5 Å². The summed E-state index contributed by atoms with van der Waals surface area (Å²) in [5, 5.41) is 3.09. The Morgan fingerprint density at radius 1 is 1.07 bits per heavy atom. The number of nitrogens with zero attached hydrogens (tertiary/aromatic N) is 4. The Bertz CT molecular complexity index is 909. The van der Waals surface area contributed by atoms with Crippen molar-refractivity contribution < 1.29 is 19.1 Å². The molecule has 3 rings (SSSR count). The minimum Gasteiger partial charge on any atom is -0.450 e. The first-order valence-electron chi connectivity index (χ1n) is 9.39. The van der Waals surface area contributed by atoms with Crippen LogP contribution in [-0.2, 0) is 4.74 Å². The van der Waals surface area contributed by atoms with Gasteiger partial charge < -0.3 is 19.9 Å². The third-order valence-electron chi connectivity index (χ3n) is 4.52. The maximum Gasteiger partial charge on any atom is 0.409 e. The fraction of sp³-hybridized carbons (Fsp3) is 0.350. The van der Waals surface area contributed by atoms with Gasteiger partial charge in [0.2, 0.25) is 0 Å². The summed E-state index contributed by atoms with van der Waals surface area (Å²) in [5.41, 5.74) is 1.53. The fourth-order valence-corrected chi connectivity index (χ4v) is 2.98. The summed E-state index contributed by atoms with van der Waals surface area (Å²) < 4.78 is 4.99. The first-order chi connectivity index (χ1) is 14.0. The standard InChI is InChI=1S/C20H23N5O4/c1-3-29-20(28)25-9-7-24(8-10-25)19(27)17-12-18(22-13-21-17)23-16-6-4-5-15(11-16)14(2)26/h4-6,11-13H,3,7-10H2,1-2H3,(H,21,22,23). The molecule has 9 heteroatoms. The van der Waals surface area contributed by atoms with Gasteiger partial charge in [0.05, 0.1) is 6.61 Å². The number of amides is 2. The summed E-state index contributed by atoms with van der Waals surface area (Å²) in [6.45, 7) is 5.23. The number of anilines is 2. The molecule has 2 amide bonds. The predicted octanol–water partition coefficient (Wildman–Crippen LogP) is 2.34. The lowest BCUT2D eigenvalue weighted by Gasteiger charge is -2.33. The summed E-state index contributed by atoms with van der Waals surface area (Å²) in [7, 11) is 0. The number of hydrogen-bond acceptors (Lipinski definition) is 7. The number of ketones is 1. The highest BCUT2D eigenvalue weighted by molar-refractivity contribution is 5.95. The summed E-state index contributed by atoms with van der Waals surface area (Å²) in [6, 6.07) is 8.61. The van der Waals surface area contributed by atoms with Crippen LogP contribution in [0.4, 0.5) is 16.3 Å². The second-order valence-electron chi connectivity index (χ2n) is 6.53. The highest BCUT2D eigenvalue weighted by Gasteiger charge is 2.26. The molecule has 0 saturated carbocycles. The largest absolute Gasteiger partial charge is 0.450 e. The van der Waals surface area contributed by atoms with Crippen LogP contribution in [0.25, 0.3) is 0 Å². The molecule has 0 spiro atoms. The van der Waals surface area contributed by atoms with Crippen molar-refractivity contribution in [2.24, 2.45) is 0 Å². The van der Waals surface area contributed by atoms with Gasteiger partial charge in [0.1, 0.15) is 17.8 Å². The molecule has 1 aliphatic rings. The molecule has 1 saturated heterocycles. The number of nitrogens with one attached hydrogen (secondary N) is 1. The number of benzene rings is 1. The lowest BCUT2D eigenvalue weighted by molar-refractivity contribution is 0.0566.